The average Bonchev–Trinajstić information content (AvgIpc) is 2.07. The van der Waals surface area contributed by atoms with Crippen LogP contribution in [0.5, 0.6) is 0 Å². The normalized spacial score (nSPS) is 9.43. The molecule has 0 heterocycles. The quantitative estimate of drug-likeness (QED) is 0.401. The van der Waals surface area contributed by atoms with Crippen molar-refractivity contribution < 1.29 is 18.3 Å². The Morgan fingerprint density at radius 1 is 1.29 bits per heavy atom. The predicted octanol–water partition coefficient (Wildman–Crippen LogP) is -0.247. The molecule has 3 N–H and O–H groups in total. The maximum absolute atomic E-state index is 10.6. The number of hydrogen-bond acceptors (Lipinski definition) is 4. The molecule has 74 valence electrons. The van der Waals surface area contributed by atoms with Crippen LogP contribution in [0.3, 0.4) is 0 Å². The van der Waals surface area contributed by atoms with Crippen LogP contribution in [0.1, 0.15) is 5.56 Å². The molecule has 0 unspecified atom stereocenters. The van der Waals surface area contributed by atoms with Crippen LogP contribution < -0.4 is 5.73 Å². The Morgan fingerprint density at radius 2 is 1.86 bits per heavy atom. The molecule has 0 saturated carbocycles. The molecule has 0 radical (unpaired) electrons. The fraction of sp³-hybridized carbons (Fsp3) is 0. The largest absolute Gasteiger partial charge is 0.477 e. The maximum Gasteiger partial charge on any atom is 0.352 e. The smallest absolute Gasteiger partial charge is 0.352 e. The summed E-state index contributed by atoms with van der Waals surface area (Å²) in [6.45, 7) is 0. The number of hydrogen-bond donors (Lipinski definition) is 2. The average molecular weight is 213 g/mol. The summed E-state index contributed by atoms with van der Waals surface area (Å²) < 4.78 is 21.2. The Morgan fingerprint density at radius 3 is 2.29 bits per heavy atom. The van der Waals surface area contributed by atoms with Crippen molar-refractivity contribution in [3.63, 3.8) is 0 Å². The van der Waals surface area contributed by atoms with Crippen molar-refractivity contribution in [2.24, 2.45) is 0 Å². The van der Waals surface area contributed by atoms with Gasteiger partial charge in [0.2, 0.25) is 10.3 Å². The van der Waals surface area contributed by atoms with E-state index in [-0.39, 0.29) is 11.3 Å². The molecule has 14 heavy (non-hydrogen) atoms. The number of anilines is 1. The molecule has 0 aliphatic rings. The van der Waals surface area contributed by atoms with E-state index >= 15 is 0 Å². The zero-order valence-electron chi connectivity index (χ0n) is 6.97. The molecule has 1 aromatic carbocycles. The molecule has 6 heteroatoms. The highest BCUT2D eigenvalue weighted by molar-refractivity contribution is 7.75. The Labute approximate surface area is 81.3 Å². The Kier molecular flexibility index (Phi) is 2.88. The van der Waals surface area contributed by atoms with Crippen LogP contribution in [0, 0.1) is 0 Å². The number of nitrogen functional groups attached to an aromatic ring is 1. The molecular weight excluding hydrogens is 206 g/mol. The Balaban J connectivity index is 3.51. The van der Waals surface area contributed by atoms with Crippen LogP contribution >= 0.6 is 0 Å². The van der Waals surface area contributed by atoms with Gasteiger partial charge in [-0.2, -0.15) is 8.42 Å². The lowest BCUT2D eigenvalue weighted by molar-refractivity contribution is -0.129. The fourth-order valence-corrected chi connectivity index (χ4v) is 1.49. The monoisotopic (exact) mass is 213 g/mol. The summed E-state index contributed by atoms with van der Waals surface area (Å²) in [6.07, 6.45) is 0. The summed E-state index contributed by atoms with van der Waals surface area (Å²) in [5, 5.41) is 8.64. The van der Waals surface area contributed by atoms with Gasteiger partial charge in [0.25, 0.3) is 0 Å². The van der Waals surface area contributed by atoms with Gasteiger partial charge in [0.05, 0.1) is 0 Å². The zero-order valence-corrected chi connectivity index (χ0v) is 7.78. The van der Waals surface area contributed by atoms with Crippen molar-refractivity contribution in [3.8, 4) is 0 Å². The molecular formula is C8H7NO4S. The highest BCUT2D eigenvalue weighted by atomic mass is 32.2. The third-order valence-corrected chi connectivity index (χ3v) is 2.29. The standard InChI is InChI=1S/C8H7NO4S/c9-6-4-2-1-3-5(6)7(8(10)11)14(12)13/h1-4H,9H2,(H,10,11). The zero-order chi connectivity index (χ0) is 10.7. The van der Waals surface area contributed by atoms with E-state index in [9.17, 15) is 13.2 Å². The predicted molar refractivity (Wildman–Crippen MR) is 51.5 cm³/mol. The van der Waals surface area contributed by atoms with Crippen LogP contribution in [-0.2, 0) is 15.1 Å². The number of nitrogens with two attached hydrogens (primary N) is 1. The number of aliphatic carboxylic acids is 1. The number of benzene rings is 1. The van der Waals surface area contributed by atoms with E-state index in [2.05, 4.69) is 0 Å². The van der Waals surface area contributed by atoms with Gasteiger partial charge in [0.15, 0.2) is 4.86 Å². The van der Waals surface area contributed by atoms with E-state index in [1.807, 2.05) is 0 Å². The molecule has 0 aliphatic heterocycles. The van der Waals surface area contributed by atoms with E-state index in [1.165, 1.54) is 18.2 Å². The first-order chi connectivity index (χ1) is 6.54. The molecule has 0 aliphatic carbocycles. The summed E-state index contributed by atoms with van der Waals surface area (Å²) >= 11 is 0. The second-order valence-electron chi connectivity index (χ2n) is 2.46. The van der Waals surface area contributed by atoms with E-state index in [1.54, 1.807) is 6.07 Å². The van der Waals surface area contributed by atoms with Gasteiger partial charge in [-0.25, -0.2) is 4.79 Å². The lowest BCUT2D eigenvalue weighted by Gasteiger charge is -2.00. The number of para-hydroxylation sites is 1. The Bertz CT molecular complexity index is 496. The lowest BCUT2D eigenvalue weighted by atomic mass is 10.1. The molecule has 0 spiro atoms. The molecule has 0 aromatic heterocycles. The van der Waals surface area contributed by atoms with Gasteiger partial charge in [-0.05, 0) is 6.07 Å². The highest BCUT2D eigenvalue weighted by Crippen LogP contribution is 2.11. The van der Waals surface area contributed by atoms with Crippen molar-refractivity contribution in [2.45, 2.75) is 0 Å². The minimum atomic E-state index is -2.81. The summed E-state index contributed by atoms with van der Waals surface area (Å²) in [5.41, 5.74) is 5.57. The van der Waals surface area contributed by atoms with Gasteiger partial charge < -0.3 is 10.8 Å². The lowest BCUT2D eigenvalue weighted by Crippen LogP contribution is -2.17. The SMILES string of the molecule is Nc1ccccc1C(C(=O)O)=S(=O)=O. The van der Waals surface area contributed by atoms with Gasteiger partial charge in [0.1, 0.15) is 0 Å². The van der Waals surface area contributed by atoms with Crippen LogP contribution in [0.25, 0.3) is 0 Å². The molecule has 0 fully saturated rings. The van der Waals surface area contributed by atoms with Crippen molar-refractivity contribution in [2.75, 3.05) is 5.73 Å². The van der Waals surface area contributed by atoms with Gasteiger partial charge in [-0.3, -0.25) is 0 Å². The first kappa shape index (κ1) is 10.3. The molecule has 0 bridgehead atoms. The van der Waals surface area contributed by atoms with Crippen molar-refractivity contribution in [1.29, 1.82) is 0 Å². The third-order valence-electron chi connectivity index (χ3n) is 1.57. The minimum Gasteiger partial charge on any atom is -0.477 e. The minimum absolute atomic E-state index is 0.00772. The maximum atomic E-state index is 10.6. The van der Waals surface area contributed by atoms with Crippen LogP contribution in [0.2, 0.25) is 0 Å². The molecule has 0 amide bonds. The van der Waals surface area contributed by atoms with Gasteiger partial charge in [-0.1, -0.05) is 18.2 Å². The first-order valence-electron chi connectivity index (χ1n) is 3.58. The topological polar surface area (TPSA) is 97.5 Å². The van der Waals surface area contributed by atoms with E-state index in [0.717, 1.165) is 0 Å². The van der Waals surface area contributed by atoms with Crippen LogP contribution in [0.4, 0.5) is 5.69 Å². The number of carboxylic acid groups (broad SMARTS) is 1. The summed E-state index contributed by atoms with van der Waals surface area (Å²) in [5.74, 6) is -1.52. The summed E-state index contributed by atoms with van der Waals surface area (Å²) in [4.78, 5) is 9.89. The molecule has 0 atom stereocenters. The summed E-state index contributed by atoms with van der Waals surface area (Å²) in [7, 11) is -2.81. The van der Waals surface area contributed by atoms with E-state index in [4.69, 9.17) is 10.8 Å². The van der Waals surface area contributed by atoms with Gasteiger partial charge in [-0.15, -0.1) is 0 Å². The molecule has 0 saturated heterocycles. The van der Waals surface area contributed by atoms with Crippen molar-refractivity contribution >= 4 is 26.8 Å². The van der Waals surface area contributed by atoms with Crippen molar-refractivity contribution in [1.82, 2.24) is 0 Å². The molecule has 1 rings (SSSR count). The second kappa shape index (κ2) is 3.93. The Hall–Kier alpha value is -1.82. The number of carboxylic acids is 1. The van der Waals surface area contributed by atoms with Crippen molar-refractivity contribution in [3.05, 3.63) is 29.8 Å². The number of rotatable bonds is 2. The van der Waals surface area contributed by atoms with Gasteiger partial charge >= 0.3 is 5.97 Å². The molecule has 5 nitrogen and oxygen atoms in total. The second-order valence-corrected chi connectivity index (χ2v) is 3.33. The van der Waals surface area contributed by atoms with E-state index < -0.39 is 21.1 Å². The number of carbonyl (C=O) groups is 1. The first-order valence-corrected chi connectivity index (χ1v) is 4.66. The third kappa shape index (κ3) is 1.91. The molecule has 1 aromatic rings. The van der Waals surface area contributed by atoms with Crippen LogP contribution in [0.15, 0.2) is 24.3 Å². The van der Waals surface area contributed by atoms with Gasteiger partial charge in [0, 0.05) is 11.3 Å². The van der Waals surface area contributed by atoms with E-state index in [0.29, 0.717) is 0 Å². The van der Waals surface area contributed by atoms with Crippen LogP contribution in [-0.4, -0.2) is 24.4 Å². The highest BCUT2D eigenvalue weighted by Gasteiger charge is 2.16. The summed E-state index contributed by atoms with van der Waals surface area (Å²) in [6, 6.07) is 5.88. The fourth-order valence-electron chi connectivity index (χ4n) is 0.980.